The quantitative estimate of drug-likeness (QED) is 0.142. The molecule has 24 rings (SSSR count). The van der Waals surface area contributed by atoms with Crippen molar-refractivity contribution in [2.24, 2.45) is 0 Å². The molecule has 12 aromatic carbocycles. The second-order valence-electron chi connectivity index (χ2n) is 28.9. The van der Waals surface area contributed by atoms with Gasteiger partial charge in [-0.25, -0.2) is 0 Å². The summed E-state index contributed by atoms with van der Waals surface area (Å²) in [6.07, 6.45) is 18.8. The van der Waals surface area contributed by atoms with Crippen molar-refractivity contribution in [2.75, 3.05) is 0 Å². The molecular weight excluding hydrogens is 1330 g/mol. The summed E-state index contributed by atoms with van der Waals surface area (Å²) in [7, 11) is 0. The molecule has 5 heteroatoms. The summed E-state index contributed by atoms with van der Waals surface area (Å²) in [5, 5.41) is 9.91. The Morgan fingerprint density at radius 2 is 0.324 bits per heavy atom. The number of aromatic nitrogens is 4. The minimum atomic E-state index is -4.96. The second kappa shape index (κ2) is 21.4. The van der Waals surface area contributed by atoms with E-state index < -0.39 is 13.3 Å². The fraction of sp³-hybridized carbons (Fsp3) is 0. The van der Waals surface area contributed by atoms with E-state index in [1.165, 1.54) is 148 Å². The molecule has 0 atom stereocenters. The Balaban J connectivity index is 0.775. The Labute approximate surface area is 607 Å². The first-order chi connectivity index (χ1) is 52.0. The number of rotatable bonds is 8. The van der Waals surface area contributed by atoms with E-state index in [0.29, 0.717) is 0 Å². The van der Waals surface area contributed by atoms with Gasteiger partial charge in [0.25, 0.3) is 0 Å². The van der Waals surface area contributed by atoms with Crippen LogP contribution in [0.15, 0.2) is 291 Å². The maximum atomic E-state index is 5.90. The van der Waals surface area contributed by atoms with Gasteiger partial charge in [0.1, 0.15) is 0 Å². The van der Waals surface area contributed by atoms with Crippen LogP contribution in [0.1, 0.15) is 45.0 Å². The SMILES string of the molecule is C1=c2c(ccc3c2=Cc2nc(-c4cccc[c]4[Ge]([c]4ccccc4-c4ccc5c(n4)C=c4c-5ccc5c4=Cc4ccccc4-5)([c]4ccccc4-c4ccc5c(n4)C=c4c-5ccc5c4=Cc4ccccc4-5)[c]4ccccc4-c4ccc5c(n4)C=c4c-5ccc5c4=Cc4ccccc4-5)ccc2-3)-c2ccccc21. The van der Waals surface area contributed by atoms with Crippen LogP contribution in [0.2, 0.25) is 0 Å². The first kappa shape index (κ1) is 57.4. The molecule has 105 heavy (non-hydrogen) atoms. The minimum absolute atomic E-state index is 0.915. The van der Waals surface area contributed by atoms with E-state index in [4.69, 9.17) is 19.9 Å². The Morgan fingerprint density at radius 3 is 0.562 bits per heavy atom. The molecular formula is C100H56GeN4. The summed E-state index contributed by atoms with van der Waals surface area (Å²) in [4.78, 5) is 23.6. The first-order valence-corrected chi connectivity index (χ1v) is 40.5. The van der Waals surface area contributed by atoms with Crippen molar-refractivity contribution in [3.8, 4) is 134 Å². The Hall–Kier alpha value is -13.3. The van der Waals surface area contributed by atoms with Gasteiger partial charge in [-0.3, -0.25) is 0 Å². The molecule has 0 aliphatic heterocycles. The van der Waals surface area contributed by atoms with Crippen LogP contribution in [0.4, 0.5) is 0 Å². The molecule has 4 aromatic heterocycles. The molecule has 0 bridgehead atoms. The summed E-state index contributed by atoms with van der Waals surface area (Å²) < 4.78 is 4.94. The van der Waals surface area contributed by atoms with Crippen LogP contribution in [-0.2, 0) is 0 Å². The van der Waals surface area contributed by atoms with Crippen molar-refractivity contribution in [1.82, 2.24) is 19.9 Å². The normalized spacial score (nSPS) is 13.2. The molecule has 4 heterocycles. The fourth-order valence-corrected chi connectivity index (χ4v) is 30.9. The van der Waals surface area contributed by atoms with E-state index in [0.717, 1.165) is 90.1 Å². The van der Waals surface area contributed by atoms with Crippen molar-refractivity contribution in [3.63, 3.8) is 0 Å². The predicted octanol–water partition coefficient (Wildman–Crippen LogP) is 13.8. The Kier molecular flexibility index (Phi) is 11.7. The standard InChI is InChI=1S/C100H56GeN4/c1-5-21-61-57(17-1)49-81-65(61)33-37-69-73-41-45-93(102-97(73)53-85(69)81)77-25-9-13-29-89(77)101(90-30-14-10-26-78(90)94-46-42-74-70-38-34-66-62-22-6-2-18-58(62)50-82(66)86(70)54-98(74)103-94,91-31-15-11-27-79(91)95-47-43-75-71-39-35-67-63-23-7-3-19-59(63)51-83(67)87(71)55-99(75)104-95)92-32-16-12-28-80(92)96-48-44-76-72-40-36-68-64-24-8-4-20-60(64)52-84(68)88(72)56-100(76)105-96/h1-56H. The first-order valence-electron chi connectivity index (χ1n) is 36.3. The van der Waals surface area contributed by atoms with Crippen molar-refractivity contribution in [3.05, 3.63) is 378 Å². The second-order valence-corrected chi connectivity index (χ2v) is 36.6. The average molecular weight is 1390 g/mol. The van der Waals surface area contributed by atoms with Crippen LogP contribution in [0.3, 0.4) is 0 Å². The van der Waals surface area contributed by atoms with Crippen molar-refractivity contribution < 1.29 is 0 Å². The van der Waals surface area contributed by atoms with Gasteiger partial charge in [-0.2, -0.15) is 0 Å². The molecule has 0 amide bonds. The number of pyridine rings is 4. The van der Waals surface area contributed by atoms with Gasteiger partial charge in [-0.05, 0) is 0 Å². The zero-order valence-corrected chi connectivity index (χ0v) is 58.7. The zero-order chi connectivity index (χ0) is 68.3. The Bertz CT molecular complexity index is 6480. The third kappa shape index (κ3) is 8.01. The Morgan fingerprint density at radius 1 is 0.143 bits per heavy atom. The number of hydrogen-bond acceptors (Lipinski definition) is 4. The third-order valence-electron chi connectivity index (χ3n) is 23.8. The van der Waals surface area contributed by atoms with Gasteiger partial charge < -0.3 is 0 Å². The molecule has 0 saturated heterocycles. The predicted molar refractivity (Wildman–Crippen MR) is 432 cm³/mol. The molecule has 4 nitrogen and oxygen atoms in total. The van der Waals surface area contributed by atoms with E-state index in [-0.39, 0.29) is 0 Å². The van der Waals surface area contributed by atoms with Gasteiger partial charge in [0, 0.05) is 0 Å². The number of benzene rings is 12. The number of fused-ring (bicyclic) bond motifs is 28. The van der Waals surface area contributed by atoms with Crippen LogP contribution in [0.5, 0.6) is 0 Å². The van der Waals surface area contributed by atoms with Crippen LogP contribution in [-0.4, -0.2) is 33.2 Å². The van der Waals surface area contributed by atoms with E-state index in [9.17, 15) is 0 Å². The molecule has 0 fully saturated rings. The monoisotopic (exact) mass is 1390 g/mol. The van der Waals surface area contributed by atoms with E-state index >= 15 is 0 Å². The van der Waals surface area contributed by atoms with Gasteiger partial charge in [0.15, 0.2) is 0 Å². The topological polar surface area (TPSA) is 51.6 Å². The van der Waals surface area contributed by atoms with E-state index in [2.05, 4.69) is 340 Å². The van der Waals surface area contributed by atoms with Gasteiger partial charge in [0.05, 0.1) is 0 Å². The molecule has 480 valence electrons. The summed E-state index contributed by atoms with van der Waals surface area (Å²) in [6, 6.07) is 109. The summed E-state index contributed by atoms with van der Waals surface area (Å²) in [5.41, 5.74) is 36.5. The summed E-state index contributed by atoms with van der Waals surface area (Å²) >= 11 is -4.96. The molecule has 8 aliphatic carbocycles. The summed E-state index contributed by atoms with van der Waals surface area (Å²) in [6.45, 7) is 0. The molecule has 0 spiro atoms. The molecule has 0 radical (unpaired) electrons. The van der Waals surface area contributed by atoms with Crippen LogP contribution in [0.25, 0.3) is 183 Å². The van der Waals surface area contributed by atoms with Crippen LogP contribution >= 0.6 is 0 Å². The van der Waals surface area contributed by atoms with E-state index in [1.807, 2.05) is 0 Å². The average Bonchev–Trinajstić information content (AvgIpc) is 1.69. The molecule has 0 unspecified atom stereocenters. The molecule has 16 aromatic rings. The molecule has 8 aliphatic rings. The van der Waals surface area contributed by atoms with Gasteiger partial charge in [-0.15, -0.1) is 0 Å². The third-order valence-corrected chi connectivity index (χ3v) is 34.2. The zero-order valence-electron chi connectivity index (χ0n) is 56.6. The van der Waals surface area contributed by atoms with Crippen LogP contribution in [0, 0.1) is 0 Å². The fourth-order valence-electron chi connectivity index (χ4n) is 19.2. The van der Waals surface area contributed by atoms with E-state index in [1.54, 1.807) is 0 Å². The van der Waals surface area contributed by atoms with Gasteiger partial charge in [0.2, 0.25) is 0 Å². The van der Waals surface area contributed by atoms with Gasteiger partial charge in [-0.1, -0.05) is 0 Å². The van der Waals surface area contributed by atoms with Crippen molar-refractivity contribution >= 4 is 79.5 Å². The summed E-state index contributed by atoms with van der Waals surface area (Å²) in [5.74, 6) is 0. The van der Waals surface area contributed by atoms with Gasteiger partial charge >= 0.3 is 611 Å². The number of nitrogens with zero attached hydrogens (tertiary/aromatic N) is 4. The van der Waals surface area contributed by atoms with Crippen molar-refractivity contribution in [1.29, 1.82) is 0 Å². The molecule has 0 saturated carbocycles. The van der Waals surface area contributed by atoms with Crippen molar-refractivity contribution in [2.45, 2.75) is 0 Å². The van der Waals surface area contributed by atoms with Crippen LogP contribution < -0.4 is 59.3 Å². The molecule has 0 N–H and O–H groups in total. The number of hydrogen-bond donors (Lipinski definition) is 0. The maximum absolute atomic E-state index is 5.90.